The maximum absolute atomic E-state index is 13.0. The number of piperidine rings is 1. The molecule has 0 saturated carbocycles. The van der Waals surface area contributed by atoms with Crippen molar-refractivity contribution < 1.29 is 23.1 Å². The Morgan fingerprint density at radius 1 is 1.14 bits per heavy atom. The van der Waals surface area contributed by atoms with E-state index in [1.807, 2.05) is 23.1 Å². The summed E-state index contributed by atoms with van der Waals surface area (Å²) in [5.41, 5.74) is 1.22. The van der Waals surface area contributed by atoms with Crippen molar-refractivity contribution in [3.63, 3.8) is 0 Å². The van der Waals surface area contributed by atoms with E-state index < -0.39 is 27.1 Å². The predicted molar refractivity (Wildman–Crippen MR) is 111 cm³/mol. The van der Waals surface area contributed by atoms with E-state index >= 15 is 0 Å². The fraction of sp³-hybridized carbons (Fsp3) is 0.409. The number of aliphatic carboxylic acids is 1. The van der Waals surface area contributed by atoms with Gasteiger partial charge in [-0.15, -0.1) is 0 Å². The van der Waals surface area contributed by atoms with Crippen LogP contribution in [-0.4, -0.2) is 55.9 Å². The number of ether oxygens (including phenoxy) is 1. The molecule has 29 heavy (non-hydrogen) atoms. The first-order valence-electron chi connectivity index (χ1n) is 9.80. The number of hydrogen-bond donors (Lipinski definition) is 1. The van der Waals surface area contributed by atoms with Crippen molar-refractivity contribution >= 4 is 15.8 Å². The average molecular weight is 418 g/mol. The lowest BCUT2D eigenvalue weighted by molar-refractivity contribution is -0.144. The van der Waals surface area contributed by atoms with Crippen molar-refractivity contribution in [2.24, 2.45) is 0 Å². The lowest BCUT2D eigenvalue weighted by Gasteiger charge is -2.36. The summed E-state index contributed by atoms with van der Waals surface area (Å²) >= 11 is 0. The van der Waals surface area contributed by atoms with Crippen molar-refractivity contribution in [1.29, 1.82) is 0 Å². The Labute approximate surface area is 172 Å². The molecule has 2 unspecified atom stereocenters. The molecule has 1 N–H and O–H groups in total. The minimum atomic E-state index is -3.59. The van der Waals surface area contributed by atoms with Crippen LogP contribution in [0.5, 0.6) is 5.75 Å². The summed E-state index contributed by atoms with van der Waals surface area (Å²) in [7, 11) is -2.06. The van der Waals surface area contributed by atoms with Gasteiger partial charge in [-0.3, -0.25) is 9.69 Å². The summed E-state index contributed by atoms with van der Waals surface area (Å²) < 4.78 is 31.1. The molecule has 0 bridgehead atoms. The topological polar surface area (TPSA) is 83.9 Å². The van der Waals surface area contributed by atoms with Crippen LogP contribution in [-0.2, 0) is 21.1 Å². The zero-order chi connectivity index (χ0) is 20.9. The second kappa shape index (κ2) is 9.41. The summed E-state index contributed by atoms with van der Waals surface area (Å²) in [5.74, 6) is -0.375. The van der Waals surface area contributed by atoms with Gasteiger partial charge in [0.1, 0.15) is 11.8 Å². The predicted octanol–water partition coefficient (Wildman–Crippen LogP) is 3.02. The lowest BCUT2D eigenvalue weighted by atomic mass is 10.0. The van der Waals surface area contributed by atoms with E-state index in [9.17, 15) is 18.3 Å². The van der Waals surface area contributed by atoms with E-state index in [0.29, 0.717) is 25.3 Å². The zero-order valence-electron chi connectivity index (χ0n) is 16.5. The molecule has 0 amide bonds. The van der Waals surface area contributed by atoms with Crippen LogP contribution in [0, 0.1) is 0 Å². The minimum absolute atomic E-state index is 0.106. The number of carbonyl (C=O) groups is 1. The average Bonchev–Trinajstić information content (AvgIpc) is 2.74. The summed E-state index contributed by atoms with van der Waals surface area (Å²) in [5, 5.41) is 9.00. The van der Waals surface area contributed by atoms with Crippen molar-refractivity contribution in [2.45, 2.75) is 41.9 Å². The molecular formula is C22H27NO5S. The van der Waals surface area contributed by atoms with Crippen LogP contribution in [0.3, 0.4) is 0 Å². The van der Waals surface area contributed by atoms with Crippen molar-refractivity contribution in [3.8, 4) is 5.75 Å². The van der Waals surface area contributed by atoms with Gasteiger partial charge in [0.2, 0.25) is 0 Å². The maximum atomic E-state index is 13.0. The molecule has 1 aliphatic heterocycles. The Kier molecular flexibility index (Phi) is 6.92. The minimum Gasteiger partial charge on any atom is -0.497 e. The third-order valence-corrected chi connectivity index (χ3v) is 7.77. The SMILES string of the molecule is COc1ccc(S(=O)(=O)C2CCN(CCCc3ccccc3)C(C(=O)O)C2)cc1. The van der Waals surface area contributed by atoms with Gasteiger partial charge in [-0.25, -0.2) is 8.42 Å². The summed E-state index contributed by atoms with van der Waals surface area (Å²) in [6, 6.07) is 15.6. The molecule has 3 rings (SSSR count). The Morgan fingerprint density at radius 2 is 1.83 bits per heavy atom. The maximum Gasteiger partial charge on any atom is 0.320 e. The number of rotatable bonds is 8. The van der Waals surface area contributed by atoms with E-state index in [0.717, 1.165) is 12.8 Å². The monoisotopic (exact) mass is 417 g/mol. The van der Waals surface area contributed by atoms with Gasteiger partial charge in [0.25, 0.3) is 0 Å². The third kappa shape index (κ3) is 5.16. The molecule has 7 heteroatoms. The molecule has 1 fully saturated rings. The Balaban J connectivity index is 1.65. The first kappa shape index (κ1) is 21.3. The van der Waals surface area contributed by atoms with Crippen LogP contribution in [0.1, 0.15) is 24.8 Å². The molecule has 2 aromatic rings. The Morgan fingerprint density at radius 3 is 2.45 bits per heavy atom. The van der Waals surface area contributed by atoms with Gasteiger partial charge in [0.15, 0.2) is 9.84 Å². The fourth-order valence-corrected chi connectivity index (χ4v) is 5.63. The summed E-state index contributed by atoms with van der Waals surface area (Å²) in [6.07, 6.45) is 2.25. The second-order valence-electron chi connectivity index (χ2n) is 7.35. The molecule has 6 nitrogen and oxygen atoms in total. The first-order valence-corrected chi connectivity index (χ1v) is 11.3. The fourth-order valence-electron chi connectivity index (χ4n) is 3.88. The standard InChI is InChI=1S/C22H27NO5S/c1-28-18-9-11-19(12-10-18)29(26,27)20-13-15-23(21(16-20)22(24)25)14-5-8-17-6-3-2-4-7-17/h2-4,6-7,9-12,20-21H,5,8,13-16H2,1H3,(H,24,25). The van der Waals surface area contributed by atoms with Gasteiger partial charge in [-0.05, 0) is 62.1 Å². The number of methoxy groups -OCH3 is 1. The molecule has 1 saturated heterocycles. The molecule has 0 aromatic heterocycles. The third-order valence-electron chi connectivity index (χ3n) is 5.53. The smallest absolute Gasteiger partial charge is 0.320 e. The van der Waals surface area contributed by atoms with Crippen LogP contribution in [0.2, 0.25) is 0 Å². The Bertz CT molecular complexity index is 912. The molecule has 156 valence electrons. The zero-order valence-corrected chi connectivity index (χ0v) is 17.3. The van der Waals surface area contributed by atoms with Crippen LogP contribution in [0.4, 0.5) is 0 Å². The molecule has 0 spiro atoms. The highest BCUT2D eigenvalue weighted by molar-refractivity contribution is 7.92. The molecule has 1 aliphatic rings. The largest absolute Gasteiger partial charge is 0.497 e. The van der Waals surface area contributed by atoms with Crippen molar-refractivity contribution in [3.05, 3.63) is 60.2 Å². The number of hydrogen-bond acceptors (Lipinski definition) is 5. The van der Waals surface area contributed by atoms with E-state index in [2.05, 4.69) is 12.1 Å². The molecule has 2 aromatic carbocycles. The number of aryl methyl sites for hydroxylation is 1. The molecule has 0 radical (unpaired) electrons. The van der Waals surface area contributed by atoms with E-state index in [1.54, 1.807) is 12.1 Å². The number of carboxylic acids is 1. The molecular weight excluding hydrogens is 390 g/mol. The highest BCUT2D eigenvalue weighted by Gasteiger charge is 2.39. The highest BCUT2D eigenvalue weighted by atomic mass is 32.2. The summed E-state index contributed by atoms with van der Waals surface area (Å²) in [4.78, 5) is 14.0. The number of likely N-dealkylation sites (tertiary alicyclic amines) is 1. The molecule has 0 aliphatic carbocycles. The van der Waals surface area contributed by atoms with Crippen LogP contribution in [0.25, 0.3) is 0 Å². The van der Waals surface area contributed by atoms with Gasteiger partial charge < -0.3 is 9.84 Å². The van der Waals surface area contributed by atoms with Gasteiger partial charge in [0.05, 0.1) is 17.3 Å². The van der Waals surface area contributed by atoms with E-state index in [4.69, 9.17) is 4.74 Å². The van der Waals surface area contributed by atoms with E-state index in [-0.39, 0.29) is 11.3 Å². The number of nitrogens with zero attached hydrogens (tertiary/aromatic N) is 1. The highest BCUT2D eigenvalue weighted by Crippen LogP contribution is 2.29. The van der Waals surface area contributed by atoms with Crippen LogP contribution < -0.4 is 4.74 Å². The number of benzene rings is 2. The first-order chi connectivity index (χ1) is 13.9. The quantitative estimate of drug-likeness (QED) is 0.711. The van der Waals surface area contributed by atoms with E-state index in [1.165, 1.54) is 24.8 Å². The van der Waals surface area contributed by atoms with Crippen molar-refractivity contribution in [1.82, 2.24) is 4.90 Å². The van der Waals surface area contributed by atoms with Gasteiger partial charge in [-0.1, -0.05) is 30.3 Å². The Hall–Kier alpha value is -2.38. The normalized spacial score (nSPS) is 20.3. The van der Waals surface area contributed by atoms with Gasteiger partial charge in [-0.2, -0.15) is 0 Å². The number of sulfone groups is 1. The number of carboxylic acid groups (broad SMARTS) is 1. The molecule has 2 atom stereocenters. The van der Waals surface area contributed by atoms with Gasteiger partial charge >= 0.3 is 5.97 Å². The molecule has 1 heterocycles. The second-order valence-corrected chi connectivity index (χ2v) is 9.57. The summed E-state index contributed by atoms with van der Waals surface area (Å²) in [6.45, 7) is 1.10. The van der Waals surface area contributed by atoms with Crippen LogP contribution >= 0.6 is 0 Å². The van der Waals surface area contributed by atoms with Crippen molar-refractivity contribution in [2.75, 3.05) is 20.2 Å². The van der Waals surface area contributed by atoms with Crippen LogP contribution in [0.15, 0.2) is 59.5 Å². The van der Waals surface area contributed by atoms with Gasteiger partial charge in [0, 0.05) is 6.54 Å². The lowest BCUT2D eigenvalue weighted by Crippen LogP contribution is -2.50.